The molecule has 1 rings (SSSR count). The molecule has 4 nitrogen and oxygen atoms in total. The Balaban J connectivity index is 2.71. The Bertz CT molecular complexity index is 396. The molecule has 0 aliphatic heterocycles. The average molecular weight is 254 g/mol. The van der Waals surface area contributed by atoms with Crippen molar-refractivity contribution in [3.8, 4) is 5.75 Å². The summed E-state index contributed by atoms with van der Waals surface area (Å²) in [6.07, 6.45) is 2.97. The largest absolute Gasteiger partial charge is 0.505 e. The maximum absolute atomic E-state index is 12.0. The quantitative estimate of drug-likeness (QED) is 0.478. The van der Waals surface area contributed by atoms with Crippen molar-refractivity contribution in [2.45, 2.75) is 6.42 Å². The molecule has 0 aliphatic carbocycles. The van der Waals surface area contributed by atoms with Gasteiger partial charge in [-0.1, -0.05) is 6.07 Å². The molecule has 94 valence electrons. The fourth-order valence-corrected chi connectivity index (χ4v) is 1.90. The van der Waals surface area contributed by atoms with Gasteiger partial charge in [-0.15, -0.1) is 0 Å². The van der Waals surface area contributed by atoms with E-state index < -0.39 is 0 Å². The summed E-state index contributed by atoms with van der Waals surface area (Å²) in [7, 11) is 1.73. The highest BCUT2D eigenvalue weighted by atomic mass is 32.2. The predicted molar refractivity (Wildman–Crippen MR) is 72.5 cm³/mol. The maximum Gasteiger partial charge on any atom is 0.257 e. The minimum absolute atomic E-state index is 0.130. The number of amides is 1. The van der Waals surface area contributed by atoms with Crippen molar-refractivity contribution in [3.05, 3.63) is 23.8 Å². The van der Waals surface area contributed by atoms with Crippen LogP contribution in [0.15, 0.2) is 18.2 Å². The Morgan fingerprint density at radius 3 is 2.88 bits per heavy atom. The van der Waals surface area contributed by atoms with Gasteiger partial charge >= 0.3 is 0 Å². The molecule has 0 bridgehead atoms. The standard InChI is InChI=1S/C12H18N2O2S/c1-14(7-4-8-17-2)12(16)9-5-3-6-10(13)11(9)15/h3,5-6,15H,4,7-8,13H2,1-2H3. The number of carbonyl (C=O) groups is 1. The topological polar surface area (TPSA) is 66.6 Å². The van der Waals surface area contributed by atoms with E-state index in [0.29, 0.717) is 6.54 Å². The number of para-hydroxylation sites is 1. The Morgan fingerprint density at radius 1 is 1.53 bits per heavy atom. The Kier molecular flexibility index (Phi) is 5.15. The van der Waals surface area contributed by atoms with Crippen molar-refractivity contribution in [2.24, 2.45) is 0 Å². The third kappa shape index (κ3) is 3.56. The number of nitrogen functional groups attached to an aromatic ring is 1. The number of hydrogen-bond acceptors (Lipinski definition) is 4. The van der Waals surface area contributed by atoms with Gasteiger partial charge in [0.1, 0.15) is 0 Å². The molecule has 0 heterocycles. The minimum Gasteiger partial charge on any atom is -0.505 e. The van der Waals surface area contributed by atoms with Gasteiger partial charge in [-0.2, -0.15) is 11.8 Å². The van der Waals surface area contributed by atoms with Crippen molar-refractivity contribution < 1.29 is 9.90 Å². The predicted octanol–water partition coefficient (Wildman–Crippen LogP) is 1.80. The number of nitrogens with two attached hydrogens (primary N) is 1. The van der Waals surface area contributed by atoms with Crippen LogP contribution in [0.3, 0.4) is 0 Å². The smallest absolute Gasteiger partial charge is 0.257 e. The van der Waals surface area contributed by atoms with Gasteiger partial charge in [-0.3, -0.25) is 4.79 Å². The molecule has 3 N–H and O–H groups in total. The van der Waals surface area contributed by atoms with Crippen LogP contribution >= 0.6 is 11.8 Å². The SMILES string of the molecule is CSCCCN(C)C(=O)c1cccc(N)c1O. The highest BCUT2D eigenvalue weighted by Gasteiger charge is 2.16. The van der Waals surface area contributed by atoms with Crippen LogP contribution in [0.4, 0.5) is 5.69 Å². The summed E-state index contributed by atoms with van der Waals surface area (Å²) in [4.78, 5) is 13.6. The van der Waals surface area contributed by atoms with E-state index in [0.717, 1.165) is 12.2 Å². The summed E-state index contributed by atoms with van der Waals surface area (Å²) in [5.41, 5.74) is 6.05. The first kappa shape index (κ1) is 13.7. The maximum atomic E-state index is 12.0. The number of anilines is 1. The molecule has 0 saturated heterocycles. The lowest BCUT2D eigenvalue weighted by Crippen LogP contribution is -2.28. The zero-order chi connectivity index (χ0) is 12.8. The van der Waals surface area contributed by atoms with E-state index in [-0.39, 0.29) is 22.9 Å². The zero-order valence-corrected chi connectivity index (χ0v) is 11.0. The lowest BCUT2D eigenvalue weighted by Gasteiger charge is -2.17. The third-order valence-corrected chi connectivity index (χ3v) is 3.18. The van der Waals surface area contributed by atoms with Crippen LogP contribution in [0.2, 0.25) is 0 Å². The number of benzene rings is 1. The molecular formula is C12H18N2O2S. The average Bonchev–Trinajstić information content (AvgIpc) is 2.32. The second kappa shape index (κ2) is 6.39. The van der Waals surface area contributed by atoms with Gasteiger partial charge in [-0.25, -0.2) is 0 Å². The van der Waals surface area contributed by atoms with Crippen LogP contribution in [0, 0.1) is 0 Å². The van der Waals surface area contributed by atoms with Gasteiger partial charge < -0.3 is 15.7 Å². The number of carbonyl (C=O) groups excluding carboxylic acids is 1. The van der Waals surface area contributed by atoms with Crippen molar-refractivity contribution in [1.29, 1.82) is 0 Å². The minimum atomic E-state index is -0.198. The molecule has 0 radical (unpaired) electrons. The van der Waals surface area contributed by atoms with E-state index in [2.05, 4.69) is 0 Å². The van der Waals surface area contributed by atoms with Crippen molar-refractivity contribution in [1.82, 2.24) is 4.90 Å². The fourth-order valence-electron chi connectivity index (χ4n) is 1.49. The highest BCUT2D eigenvalue weighted by Crippen LogP contribution is 2.25. The van der Waals surface area contributed by atoms with Crippen LogP contribution in [0.25, 0.3) is 0 Å². The third-order valence-electron chi connectivity index (χ3n) is 2.49. The second-order valence-corrected chi connectivity index (χ2v) is 4.80. The summed E-state index contributed by atoms with van der Waals surface area (Å²) < 4.78 is 0. The number of thioether (sulfide) groups is 1. The van der Waals surface area contributed by atoms with Crippen LogP contribution in [-0.4, -0.2) is 41.5 Å². The number of hydrogen-bond donors (Lipinski definition) is 2. The molecule has 1 aromatic rings. The number of rotatable bonds is 5. The molecule has 0 saturated carbocycles. The number of aromatic hydroxyl groups is 1. The van der Waals surface area contributed by atoms with Crippen molar-refractivity contribution in [2.75, 3.05) is 31.3 Å². The summed E-state index contributed by atoms with van der Waals surface area (Å²) in [5.74, 6) is 0.686. The Morgan fingerprint density at radius 2 is 2.24 bits per heavy atom. The molecule has 0 spiro atoms. The number of phenolic OH excluding ortho intramolecular Hbond substituents is 1. The van der Waals surface area contributed by atoms with Gasteiger partial charge in [0, 0.05) is 13.6 Å². The molecule has 5 heteroatoms. The molecule has 17 heavy (non-hydrogen) atoms. The van der Waals surface area contributed by atoms with E-state index in [9.17, 15) is 9.90 Å². The summed E-state index contributed by atoms with van der Waals surface area (Å²) in [6.45, 7) is 0.675. The van der Waals surface area contributed by atoms with Gasteiger partial charge in [0.15, 0.2) is 5.75 Å². The lowest BCUT2D eigenvalue weighted by atomic mass is 10.1. The van der Waals surface area contributed by atoms with E-state index in [1.54, 1.807) is 41.9 Å². The first-order valence-corrected chi connectivity index (χ1v) is 6.79. The summed E-state index contributed by atoms with van der Waals surface area (Å²) in [6, 6.07) is 4.82. The van der Waals surface area contributed by atoms with Gasteiger partial charge in [0.25, 0.3) is 5.91 Å². The molecular weight excluding hydrogens is 236 g/mol. The van der Waals surface area contributed by atoms with E-state index in [1.807, 2.05) is 6.26 Å². The van der Waals surface area contributed by atoms with Crippen LogP contribution < -0.4 is 5.73 Å². The van der Waals surface area contributed by atoms with Crippen molar-refractivity contribution >= 4 is 23.4 Å². The van der Waals surface area contributed by atoms with E-state index in [1.165, 1.54) is 0 Å². The van der Waals surface area contributed by atoms with Crippen LogP contribution in [-0.2, 0) is 0 Å². The molecule has 1 aromatic carbocycles. The molecule has 0 unspecified atom stereocenters. The first-order valence-electron chi connectivity index (χ1n) is 5.39. The van der Waals surface area contributed by atoms with Gasteiger partial charge in [0.2, 0.25) is 0 Å². The lowest BCUT2D eigenvalue weighted by molar-refractivity contribution is 0.0792. The highest BCUT2D eigenvalue weighted by molar-refractivity contribution is 7.98. The molecule has 1 amide bonds. The first-order chi connectivity index (χ1) is 8.07. The molecule has 0 aromatic heterocycles. The van der Waals surface area contributed by atoms with E-state index in [4.69, 9.17) is 5.73 Å². The van der Waals surface area contributed by atoms with Gasteiger partial charge in [0.05, 0.1) is 11.3 Å². The summed E-state index contributed by atoms with van der Waals surface area (Å²) >= 11 is 1.75. The molecule has 0 fully saturated rings. The van der Waals surface area contributed by atoms with E-state index >= 15 is 0 Å². The zero-order valence-electron chi connectivity index (χ0n) is 10.1. The molecule has 0 atom stereocenters. The second-order valence-electron chi connectivity index (χ2n) is 3.82. The fraction of sp³-hybridized carbons (Fsp3) is 0.417. The van der Waals surface area contributed by atoms with Gasteiger partial charge in [-0.05, 0) is 30.6 Å². The van der Waals surface area contributed by atoms with Crippen LogP contribution in [0.5, 0.6) is 5.75 Å². The Labute approximate surface area is 106 Å². The summed E-state index contributed by atoms with van der Waals surface area (Å²) in [5, 5.41) is 9.71. The monoisotopic (exact) mass is 254 g/mol. The molecule has 0 aliphatic rings. The Hall–Kier alpha value is -1.36. The van der Waals surface area contributed by atoms with Crippen LogP contribution in [0.1, 0.15) is 16.8 Å². The number of phenols is 1. The van der Waals surface area contributed by atoms with Crippen molar-refractivity contribution in [3.63, 3.8) is 0 Å². The normalized spacial score (nSPS) is 10.2. The number of nitrogens with zero attached hydrogens (tertiary/aromatic N) is 1.